The number of fused-ring (bicyclic) bond motifs is 1. The van der Waals surface area contributed by atoms with Crippen LogP contribution in [0.15, 0.2) is 17.3 Å². The average molecular weight is 274 g/mol. The summed E-state index contributed by atoms with van der Waals surface area (Å²) in [4.78, 5) is 16.9. The van der Waals surface area contributed by atoms with Gasteiger partial charge in [0.15, 0.2) is 5.65 Å². The van der Waals surface area contributed by atoms with Crippen LogP contribution in [0.2, 0.25) is 0 Å². The number of nitrogens with zero attached hydrogens (tertiary/aromatic N) is 4. The molecular weight excluding hydrogens is 256 g/mol. The van der Waals surface area contributed by atoms with Gasteiger partial charge < -0.3 is 4.74 Å². The summed E-state index contributed by atoms with van der Waals surface area (Å²) < 4.78 is 9.25. The van der Waals surface area contributed by atoms with Crippen LogP contribution in [-0.4, -0.2) is 32.0 Å². The molecule has 2 fully saturated rings. The molecule has 0 N–H and O–H groups in total. The lowest BCUT2D eigenvalue weighted by Crippen LogP contribution is -2.30. The molecular formula is C14H18N4O2. The van der Waals surface area contributed by atoms with Gasteiger partial charge in [0.1, 0.15) is 11.7 Å². The van der Waals surface area contributed by atoms with E-state index in [0.29, 0.717) is 18.0 Å². The summed E-state index contributed by atoms with van der Waals surface area (Å²) in [6.07, 6.45) is 9.02. The number of hydrogen-bond acceptors (Lipinski definition) is 4. The van der Waals surface area contributed by atoms with Crippen molar-refractivity contribution in [3.8, 4) is 0 Å². The van der Waals surface area contributed by atoms with E-state index in [0.717, 1.165) is 37.9 Å². The standard InChI is InChI=1S/C14H18N4O2/c19-14-12-7-16-18(10-4-5-10)13(12)15-9-17(14)8-11-3-1-2-6-20-11/h7,9-11H,1-6,8H2. The molecule has 1 aliphatic carbocycles. The van der Waals surface area contributed by atoms with Gasteiger partial charge in [-0.1, -0.05) is 0 Å². The van der Waals surface area contributed by atoms with Crippen molar-refractivity contribution in [3.05, 3.63) is 22.9 Å². The summed E-state index contributed by atoms with van der Waals surface area (Å²) in [5.41, 5.74) is 0.717. The number of aromatic nitrogens is 4. The van der Waals surface area contributed by atoms with Crippen molar-refractivity contribution in [1.29, 1.82) is 0 Å². The van der Waals surface area contributed by atoms with E-state index in [1.165, 1.54) is 6.42 Å². The van der Waals surface area contributed by atoms with E-state index in [2.05, 4.69) is 10.1 Å². The van der Waals surface area contributed by atoms with Crippen LogP contribution in [-0.2, 0) is 11.3 Å². The Morgan fingerprint density at radius 3 is 2.95 bits per heavy atom. The highest BCUT2D eigenvalue weighted by Crippen LogP contribution is 2.35. The molecule has 1 unspecified atom stereocenters. The normalized spacial score (nSPS) is 23.3. The van der Waals surface area contributed by atoms with Crippen LogP contribution >= 0.6 is 0 Å². The molecule has 0 aromatic carbocycles. The second-order valence-corrected chi connectivity index (χ2v) is 5.75. The number of ether oxygens (including phenoxy) is 1. The highest BCUT2D eigenvalue weighted by atomic mass is 16.5. The first-order valence-electron chi connectivity index (χ1n) is 7.37. The minimum Gasteiger partial charge on any atom is -0.376 e. The first-order valence-corrected chi connectivity index (χ1v) is 7.37. The minimum absolute atomic E-state index is 0.00364. The molecule has 0 bridgehead atoms. The SMILES string of the molecule is O=c1c2cnn(C3CC3)c2ncn1CC1CCCCO1. The fraction of sp³-hybridized carbons (Fsp3) is 0.643. The molecule has 2 aromatic heterocycles. The molecule has 4 rings (SSSR count). The Kier molecular flexibility index (Phi) is 2.84. The second kappa shape index (κ2) is 4.70. The molecule has 20 heavy (non-hydrogen) atoms. The van der Waals surface area contributed by atoms with E-state index in [4.69, 9.17) is 4.74 Å². The van der Waals surface area contributed by atoms with Gasteiger partial charge >= 0.3 is 0 Å². The van der Waals surface area contributed by atoms with Crippen molar-refractivity contribution < 1.29 is 4.74 Å². The molecule has 2 aromatic rings. The van der Waals surface area contributed by atoms with Crippen LogP contribution in [0, 0.1) is 0 Å². The third-order valence-corrected chi connectivity index (χ3v) is 4.15. The van der Waals surface area contributed by atoms with Gasteiger partial charge in [-0.05, 0) is 32.1 Å². The summed E-state index contributed by atoms with van der Waals surface area (Å²) in [6, 6.07) is 0.442. The summed E-state index contributed by atoms with van der Waals surface area (Å²) in [7, 11) is 0. The van der Waals surface area contributed by atoms with Crippen molar-refractivity contribution in [3.63, 3.8) is 0 Å². The lowest BCUT2D eigenvalue weighted by molar-refractivity contribution is 0.00535. The Labute approximate surface area is 116 Å². The molecule has 0 amide bonds. The largest absolute Gasteiger partial charge is 0.376 e. The predicted octanol–water partition coefficient (Wildman–Crippen LogP) is 1.50. The number of hydrogen-bond donors (Lipinski definition) is 0. The van der Waals surface area contributed by atoms with Crippen molar-refractivity contribution in [2.75, 3.05) is 6.61 Å². The second-order valence-electron chi connectivity index (χ2n) is 5.75. The van der Waals surface area contributed by atoms with E-state index >= 15 is 0 Å². The van der Waals surface area contributed by atoms with Crippen molar-refractivity contribution in [2.45, 2.75) is 50.8 Å². The van der Waals surface area contributed by atoms with Crippen LogP contribution < -0.4 is 5.56 Å². The Morgan fingerprint density at radius 1 is 1.30 bits per heavy atom. The molecule has 0 radical (unpaired) electrons. The van der Waals surface area contributed by atoms with Gasteiger partial charge in [0.2, 0.25) is 0 Å². The maximum absolute atomic E-state index is 12.5. The van der Waals surface area contributed by atoms with Gasteiger partial charge in [0, 0.05) is 6.61 Å². The first kappa shape index (κ1) is 12.1. The van der Waals surface area contributed by atoms with Gasteiger partial charge in [-0.2, -0.15) is 5.10 Å². The Bertz CT molecular complexity index is 680. The monoisotopic (exact) mass is 274 g/mol. The first-order chi connectivity index (χ1) is 9.83. The fourth-order valence-corrected chi connectivity index (χ4v) is 2.85. The van der Waals surface area contributed by atoms with Crippen LogP contribution in [0.4, 0.5) is 0 Å². The summed E-state index contributed by atoms with van der Waals surface area (Å²) in [6.45, 7) is 1.39. The lowest BCUT2D eigenvalue weighted by atomic mass is 10.1. The molecule has 2 aliphatic rings. The average Bonchev–Trinajstić information content (AvgIpc) is 3.23. The molecule has 1 saturated heterocycles. The lowest BCUT2D eigenvalue weighted by Gasteiger charge is -2.22. The Hall–Kier alpha value is -1.69. The van der Waals surface area contributed by atoms with Crippen LogP contribution in [0.1, 0.15) is 38.1 Å². The van der Waals surface area contributed by atoms with Crippen molar-refractivity contribution in [1.82, 2.24) is 19.3 Å². The van der Waals surface area contributed by atoms with Gasteiger partial charge in [-0.15, -0.1) is 0 Å². The van der Waals surface area contributed by atoms with Crippen LogP contribution in [0.25, 0.3) is 11.0 Å². The highest BCUT2D eigenvalue weighted by Gasteiger charge is 2.27. The fourth-order valence-electron chi connectivity index (χ4n) is 2.85. The summed E-state index contributed by atoms with van der Waals surface area (Å²) >= 11 is 0. The van der Waals surface area contributed by atoms with E-state index in [1.807, 2.05) is 4.68 Å². The molecule has 3 heterocycles. The Balaban J connectivity index is 1.66. The van der Waals surface area contributed by atoms with E-state index in [9.17, 15) is 4.79 Å². The van der Waals surface area contributed by atoms with Gasteiger partial charge in [-0.3, -0.25) is 9.36 Å². The molecule has 1 aliphatic heterocycles. The predicted molar refractivity (Wildman–Crippen MR) is 73.7 cm³/mol. The quantitative estimate of drug-likeness (QED) is 0.851. The molecule has 1 atom stereocenters. The van der Waals surface area contributed by atoms with Gasteiger partial charge in [0.25, 0.3) is 5.56 Å². The van der Waals surface area contributed by atoms with Crippen molar-refractivity contribution >= 4 is 11.0 Å². The van der Waals surface area contributed by atoms with E-state index < -0.39 is 0 Å². The van der Waals surface area contributed by atoms with E-state index in [1.54, 1.807) is 17.1 Å². The third-order valence-electron chi connectivity index (χ3n) is 4.15. The van der Waals surface area contributed by atoms with Gasteiger partial charge in [0.05, 0.1) is 24.9 Å². The van der Waals surface area contributed by atoms with E-state index in [-0.39, 0.29) is 11.7 Å². The smallest absolute Gasteiger partial charge is 0.264 e. The minimum atomic E-state index is -0.00364. The topological polar surface area (TPSA) is 61.9 Å². The molecule has 0 spiro atoms. The summed E-state index contributed by atoms with van der Waals surface area (Å²) in [5, 5.41) is 4.94. The zero-order valence-electron chi connectivity index (χ0n) is 11.4. The van der Waals surface area contributed by atoms with Crippen molar-refractivity contribution in [2.24, 2.45) is 0 Å². The summed E-state index contributed by atoms with van der Waals surface area (Å²) in [5.74, 6) is 0. The van der Waals surface area contributed by atoms with Crippen LogP contribution in [0.3, 0.4) is 0 Å². The maximum Gasteiger partial charge on any atom is 0.264 e. The zero-order valence-corrected chi connectivity index (χ0v) is 11.4. The van der Waals surface area contributed by atoms with Crippen LogP contribution in [0.5, 0.6) is 0 Å². The maximum atomic E-state index is 12.5. The Morgan fingerprint density at radius 2 is 2.20 bits per heavy atom. The highest BCUT2D eigenvalue weighted by molar-refractivity contribution is 5.73. The molecule has 106 valence electrons. The van der Waals surface area contributed by atoms with Gasteiger partial charge in [-0.25, -0.2) is 9.67 Å². The zero-order chi connectivity index (χ0) is 13.5. The molecule has 1 saturated carbocycles. The molecule has 6 nitrogen and oxygen atoms in total. The molecule has 6 heteroatoms. The number of rotatable bonds is 3. The third kappa shape index (κ3) is 2.04.